The average molecular weight is 123 g/mol. The summed E-state index contributed by atoms with van der Waals surface area (Å²) in [4.78, 5) is 0. The van der Waals surface area contributed by atoms with Gasteiger partial charge in [0, 0.05) is 0 Å². The van der Waals surface area contributed by atoms with Gasteiger partial charge in [-0.2, -0.15) is 0 Å². The van der Waals surface area contributed by atoms with E-state index in [-0.39, 0.29) is 9.41 Å². The largest absolute Gasteiger partial charge is 0.746 e. The summed E-state index contributed by atoms with van der Waals surface area (Å²) < 4.78 is 26.6. The number of hydrogen-bond donors (Lipinski definition) is 0. The summed E-state index contributed by atoms with van der Waals surface area (Å²) in [7, 11) is 0. The molecule has 0 bridgehead atoms. The predicted octanol–water partition coefficient (Wildman–Crippen LogP) is 0.0550. The highest BCUT2D eigenvalue weighted by Gasteiger charge is 1.48. The number of hydrogen-bond acceptors (Lipinski definition) is 2. The normalized spacial score (nSPS) is 10.3. The lowest BCUT2D eigenvalue weighted by atomic mass is 15.9. The Bertz CT molecular complexity index is 31.8. The molecule has 0 N–H and O–H groups in total. The summed E-state index contributed by atoms with van der Waals surface area (Å²) >= 11 is -3.36. The minimum absolute atomic E-state index is 0. The second-order valence-corrected chi connectivity index (χ2v) is 0.582. The Labute approximate surface area is 34.7 Å². The minimum Gasteiger partial charge on any atom is -0.746 e. The zero-order valence-corrected chi connectivity index (χ0v) is 3.24. The van der Waals surface area contributed by atoms with Crippen LogP contribution in [0.3, 0.4) is 0 Å². The molecule has 1 unspecified atom stereocenters. The molecule has 42 valence electrons. The summed E-state index contributed by atoms with van der Waals surface area (Å²) in [6.07, 6.45) is 0. The van der Waals surface area contributed by atoms with Crippen LogP contribution in [-0.2, 0) is 11.5 Å². The highest BCUT2D eigenvalue weighted by atomic mass is 32.2. The van der Waals surface area contributed by atoms with Crippen LogP contribution in [0.5, 0.6) is 0 Å². The Kier molecular flexibility index (Phi) is 24.9. The molecule has 0 aromatic rings. The van der Waals surface area contributed by atoms with Gasteiger partial charge in [-0.3, -0.25) is 9.41 Å². The van der Waals surface area contributed by atoms with E-state index < -0.39 is 11.5 Å². The van der Waals surface area contributed by atoms with Gasteiger partial charge < -0.3 is 4.55 Å². The van der Waals surface area contributed by atoms with Crippen molar-refractivity contribution in [2.45, 2.75) is 0 Å². The van der Waals surface area contributed by atoms with Crippen LogP contribution >= 0.6 is 0 Å². The fourth-order valence-corrected chi connectivity index (χ4v) is 0. The van der Waals surface area contributed by atoms with Crippen LogP contribution in [0.1, 0.15) is 0 Å². The molecule has 0 aliphatic heterocycles. The SMILES string of the molecule is F.F.O=S([O-])F. The van der Waals surface area contributed by atoms with Crippen molar-refractivity contribution in [3.8, 4) is 0 Å². The Hall–Kier alpha value is -0.100. The fourth-order valence-electron chi connectivity index (χ4n) is 0. The van der Waals surface area contributed by atoms with Crippen molar-refractivity contribution in [1.82, 2.24) is 0 Å². The first-order valence-electron chi connectivity index (χ1n) is 0.488. The zero-order valence-electron chi connectivity index (χ0n) is 2.42. The number of rotatable bonds is 0. The van der Waals surface area contributed by atoms with Gasteiger partial charge >= 0.3 is 0 Å². The maximum absolute atomic E-state index is 9.92. The van der Waals surface area contributed by atoms with E-state index in [0.29, 0.717) is 0 Å². The van der Waals surface area contributed by atoms with Crippen molar-refractivity contribution >= 4 is 11.5 Å². The van der Waals surface area contributed by atoms with E-state index in [2.05, 4.69) is 0 Å². The van der Waals surface area contributed by atoms with E-state index in [1.54, 1.807) is 0 Å². The number of halogens is 3. The van der Waals surface area contributed by atoms with Crippen LogP contribution < -0.4 is 0 Å². The monoisotopic (exact) mass is 123 g/mol. The summed E-state index contributed by atoms with van der Waals surface area (Å²) in [5, 5.41) is 0. The molecule has 0 aliphatic carbocycles. The van der Waals surface area contributed by atoms with Gasteiger partial charge in [-0.15, -0.1) is 3.89 Å². The molecule has 0 rings (SSSR count). The Balaban J connectivity index is -0.0000000450. The van der Waals surface area contributed by atoms with E-state index in [0.717, 1.165) is 0 Å². The van der Waals surface area contributed by atoms with Crippen molar-refractivity contribution in [3.63, 3.8) is 0 Å². The molecule has 0 spiro atoms. The molecule has 2 nitrogen and oxygen atoms in total. The van der Waals surface area contributed by atoms with Gasteiger partial charge in [0.05, 0.1) is 0 Å². The molecular formula is H2F3O2S-. The standard InChI is InChI=1S/FHO2S.2FH/c1-4(2)3;;/h(H,2,3);2*1H/p-1. The third-order valence-corrected chi connectivity index (χ3v) is 0. The molecule has 0 fully saturated rings. The van der Waals surface area contributed by atoms with Crippen LogP contribution in [0.25, 0.3) is 0 Å². The summed E-state index contributed by atoms with van der Waals surface area (Å²) in [6, 6.07) is 0. The predicted molar refractivity (Wildman–Crippen MR) is 15.0 cm³/mol. The molecular weight excluding hydrogens is 121 g/mol. The Morgan fingerprint density at radius 3 is 1.50 bits per heavy atom. The van der Waals surface area contributed by atoms with Crippen LogP contribution in [0.4, 0.5) is 13.3 Å². The molecule has 6 heteroatoms. The van der Waals surface area contributed by atoms with E-state index in [1.807, 2.05) is 0 Å². The molecule has 0 radical (unpaired) electrons. The van der Waals surface area contributed by atoms with Gasteiger partial charge in [0.25, 0.3) is 0 Å². The highest BCUT2D eigenvalue weighted by molar-refractivity contribution is 7.73. The summed E-state index contributed by atoms with van der Waals surface area (Å²) in [6.45, 7) is 0. The zero-order chi connectivity index (χ0) is 3.58. The maximum Gasteiger partial charge on any atom is 0.132 e. The second-order valence-electron chi connectivity index (χ2n) is 0.194. The lowest BCUT2D eigenvalue weighted by molar-refractivity contribution is 0.493. The lowest BCUT2D eigenvalue weighted by Gasteiger charge is -1.78. The first-order chi connectivity index (χ1) is 1.73. The fraction of sp³-hybridized carbons (Fsp3) is 0. The van der Waals surface area contributed by atoms with E-state index >= 15 is 0 Å². The van der Waals surface area contributed by atoms with Crippen LogP contribution in [0.2, 0.25) is 0 Å². The van der Waals surface area contributed by atoms with Crippen molar-refractivity contribution in [2.24, 2.45) is 0 Å². The molecule has 0 amide bonds. The molecule has 6 heavy (non-hydrogen) atoms. The third kappa shape index (κ3) is 3280. The molecule has 0 aromatic carbocycles. The maximum atomic E-state index is 9.92. The minimum atomic E-state index is -3.36. The second kappa shape index (κ2) is 8.86. The van der Waals surface area contributed by atoms with Gasteiger partial charge in [0.15, 0.2) is 0 Å². The molecule has 1 atom stereocenters. The van der Waals surface area contributed by atoms with E-state index in [4.69, 9.17) is 8.76 Å². The van der Waals surface area contributed by atoms with Crippen molar-refractivity contribution < 1.29 is 22.1 Å². The van der Waals surface area contributed by atoms with Crippen molar-refractivity contribution in [1.29, 1.82) is 0 Å². The van der Waals surface area contributed by atoms with Crippen LogP contribution in [-0.4, -0.2) is 8.76 Å². The van der Waals surface area contributed by atoms with Crippen LogP contribution in [0, 0.1) is 0 Å². The molecule has 0 aliphatic rings. The van der Waals surface area contributed by atoms with E-state index in [1.165, 1.54) is 0 Å². The van der Waals surface area contributed by atoms with Gasteiger partial charge in [-0.25, -0.2) is 4.21 Å². The average Bonchev–Trinajstić information content (AvgIpc) is 0.811. The van der Waals surface area contributed by atoms with Gasteiger partial charge in [-0.05, 0) is 0 Å². The first kappa shape index (κ1) is 16.8. The summed E-state index contributed by atoms with van der Waals surface area (Å²) in [5.41, 5.74) is 0. The third-order valence-electron chi connectivity index (χ3n) is 0. The van der Waals surface area contributed by atoms with Crippen molar-refractivity contribution in [2.75, 3.05) is 0 Å². The molecule has 0 saturated heterocycles. The van der Waals surface area contributed by atoms with Gasteiger partial charge in [0.2, 0.25) is 0 Å². The van der Waals surface area contributed by atoms with Gasteiger partial charge in [0.1, 0.15) is 11.5 Å². The Morgan fingerprint density at radius 1 is 1.50 bits per heavy atom. The highest BCUT2D eigenvalue weighted by Crippen LogP contribution is 1.61. The van der Waals surface area contributed by atoms with Gasteiger partial charge in [-0.1, -0.05) is 0 Å². The molecule has 0 heterocycles. The van der Waals surface area contributed by atoms with Crippen molar-refractivity contribution in [3.05, 3.63) is 0 Å². The molecule has 0 aromatic heterocycles. The smallest absolute Gasteiger partial charge is 0.132 e. The quantitative estimate of drug-likeness (QED) is 0.337. The topological polar surface area (TPSA) is 40.1 Å². The van der Waals surface area contributed by atoms with E-state index in [9.17, 15) is 3.89 Å². The lowest BCUT2D eigenvalue weighted by Crippen LogP contribution is -1.64. The molecule has 0 saturated carbocycles. The van der Waals surface area contributed by atoms with Crippen LogP contribution in [0.15, 0.2) is 0 Å². The Morgan fingerprint density at radius 2 is 1.50 bits per heavy atom. The first-order valence-corrected chi connectivity index (χ1v) is 1.46. The summed E-state index contributed by atoms with van der Waals surface area (Å²) in [5.74, 6) is 0.